The van der Waals surface area contributed by atoms with E-state index in [1.807, 2.05) is 0 Å². The van der Waals surface area contributed by atoms with Crippen molar-refractivity contribution >= 4 is 11.9 Å². The van der Waals surface area contributed by atoms with Crippen LogP contribution in [0.2, 0.25) is 0 Å². The van der Waals surface area contributed by atoms with Crippen LogP contribution < -0.4 is 0 Å². The van der Waals surface area contributed by atoms with E-state index >= 15 is 0 Å². The van der Waals surface area contributed by atoms with Crippen LogP contribution in [0.3, 0.4) is 0 Å². The van der Waals surface area contributed by atoms with Gasteiger partial charge in [0.2, 0.25) is 0 Å². The summed E-state index contributed by atoms with van der Waals surface area (Å²) in [7, 11) is 0. The Bertz CT molecular complexity index is 507. The van der Waals surface area contributed by atoms with Crippen molar-refractivity contribution in [2.45, 2.75) is 162 Å². The zero-order chi connectivity index (χ0) is 26.9. The van der Waals surface area contributed by atoms with Gasteiger partial charge in [-0.15, -0.1) is 0 Å². The van der Waals surface area contributed by atoms with Gasteiger partial charge in [0, 0.05) is 12.8 Å². The highest BCUT2D eigenvalue weighted by molar-refractivity contribution is 5.69. The fourth-order valence-corrected chi connectivity index (χ4v) is 4.27. The molecule has 0 heterocycles. The van der Waals surface area contributed by atoms with Crippen molar-refractivity contribution in [2.24, 2.45) is 11.8 Å². The molecule has 36 heavy (non-hydrogen) atoms. The quantitative estimate of drug-likeness (QED) is 0.0928. The Morgan fingerprint density at radius 3 is 1.19 bits per heavy atom. The number of aliphatic hydroxyl groups excluding tert-OH is 1. The average Bonchev–Trinajstić information content (AvgIpc) is 2.88. The van der Waals surface area contributed by atoms with Crippen molar-refractivity contribution < 1.29 is 24.2 Å². The number of aliphatic hydroxyl groups is 1. The maximum atomic E-state index is 11.8. The van der Waals surface area contributed by atoms with Gasteiger partial charge in [0.05, 0.1) is 0 Å². The van der Waals surface area contributed by atoms with Crippen molar-refractivity contribution in [3.63, 3.8) is 0 Å². The lowest BCUT2D eigenvalue weighted by atomic mass is 9.99. The Morgan fingerprint density at radius 2 is 0.861 bits per heavy atom. The molecule has 5 nitrogen and oxygen atoms in total. The van der Waals surface area contributed by atoms with Gasteiger partial charge in [-0.25, -0.2) is 0 Å². The predicted octanol–water partition coefficient (Wildman–Crippen LogP) is 8.55. The molecule has 1 N–H and O–H groups in total. The Morgan fingerprint density at radius 1 is 0.556 bits per heavy atom. The van der Waals surface area contributed by atoms with Crippen LogP contribution >= 0.6 is 0 Å². The molecular weight excluding hydrogens is 452 g/mol. The SMILES string of the molecule is CCC(C)CCCCCCCCCCC(=O)OC[C@H](O)COC(=O)CCCCCCCCC(C)CC. The van der Waals surface area contributed by atoms with Crippen LogP contribution in [0.5, 0.6) is 0 Å². The van der Waals surface area contributed by atoms with E-state index in [1.165, 1.54) is 77.0 Å². The van der Waals surface area contributed by atoms with Gasteiger partial charge in [-0.05, 0) is 24.7 Å². The molecule has 0 aliphatic carbocycles. The molecular formula is C31H60O5. The minimum absolute atomic E-state index is 0.112. The number of rotatable bonds is 26. The first-order valence-electron chi connectivity index (χ1n) is 15.4. The number of hydrogen-bond acceptors (Lipinski definition) is 5. The van der Waals surface area contributed by atoms with Gasteiger partial charge in [0.15, 0.2) is 0 Å². The molecule has 0 saturated carbocycles. The van der Waals surface area contributed by atoms with Crippen LogP contribution in [-0.2, 0) is 19.1 Å². The maximum Gasteiger partial charge on any atom is 0.305 e. The third-order valence-electron chi connectivity index (χ3n) is 7.42. The van der Waals surface area contributed by atoms with Gasteiger partial charge in [0.25, 0.3) is 0 Å². The highest BCUT2D eigenvalue weighted by atomic mass is 16.6. The number of carbonyl (C=O) groups excluding carboxylic acids is 2. The number of hydrogen-bond donors (Lipinski definition) is 1. The molecule has 0 aliphatic rings. The highest BCUT2D eigenvalue weighted by Gasteiger charge is 2.12. The van der Waals surface area contributed by atoms with Crippen molar-refractivity contribution in [3.8, 4) is 0 Å². The molecule has 0 amide bonds. The molecule has 0 rings (SSSR count). The summed E-state index contributed by atoms with van der Waals surface area (Å²) in [4.78, 5) is 23.7. The minimum Gasteiger partial charge on any atom is -0.463 e. The first kappa shape index (κ1) is 34.9. The average molecular weight is 513 g/mol. The van der Waals surface area contributed by atoms with E-state index in [0.717, 1.165) is 50.4 Å². The lowest BCUT2D eigenvalue weighted by Gasteiger charge is -2.12. The minimum atomic E-state index is -0.955. The summed E-state index contributed by atoms with van der Waals surface area (Å²) < 4.78 is 10.2. The van der Waals surface area contributed by atoms with E-state index in [1.54, 1.807) is 0 Å². The summed E-state index contributed by atoms with van der Waals surface area (Å²) in [5, 5.41) is 9.92. The molecule has 0 aromatic heterocycles. The molecule has 0 aliphatic heterocycles. The second-order valence-electron chi connectivity index (χ2n) is 11.1. The van der Waals surface area contributed by atoms with E-state index < -0.39 is 6.10 Å². The van der Waals surface area contributed by atoms with Crippen LogP contribution in [-0.4, -0.2) is 36.4 Å². The molecule has 3 atom stereocenters. The predicted molar refractivity (Wildman–Crippen MR) is 150 cm³/mol. The van der Waals surface area contributed by atoms with E-state index in [9.17, 15) is 14.7 Å². The third-order valence-corrected chi connectivity index (χ3v) is 7.42. The molecule has 0 aromatic carbocycles. The van der Waals surface area contributed by atoms with Crippen molar-refractivity contribution in [3.05, 3.63) is 0 Å². The highest BCUT2D eigenvalue weighted by Crippen LogP contribution is 2.16. The van der Waals surface area contributed by atoms with Crippen molar-refractivity contribution in [2.75, 3.05) is 13.2 Å². The molecule has 5 heteroatoms. The van der Waals surface area contributed by atoms with Crippen LogP contribution in [0, 0.1) is 11.8 Å². The van der Waals surface area contributed by atoms with Crippen LogP contribution in [0.1, 0.15) is 156 Å². The topological polar surface area (TPSA) is 72.8 Å². The van der Waals surface area contributed by atoms with E-state index in [2.05, 4.69) is 27.7 Å². The molecule has 0 aromatic rings. The molecule has 214 valence electrons. The van der Waals surface area contributed by atoms with Crippen LogP contribution in [0.15, 0.2) is 0 Å². The fraction of sp³-hybridized carbons (Fsp3) is 0.935. The molecule has 0 bridgehead atoms. The van der Waals surface area contributed by atoms with Crippen LogP contribution in [0.25, 0.3) is 0 Å². The summed E-state index contributed by atoms with van der Waals surface area (Å²) in [6.07, 6.45) is 21.4. The summed E-state index contributed by atoms with van der Waals surface area (Å²) in [6, 6.07) is 0. The van der Waals surface area contributed by atoms with Crippen molar-refractivity contribution in [1.82, 2.24) is 0 Å². The van der Waals surface area contributed by atoms with Gasteiger partial charge in [0.1, 0.15) is 19.3 Å². The van der Waals surface area contributed by atoms with Gasteiger partial charge >= 0.3 is 11.9 Å². The molecule has 0 saturated heterocycles. The van der Waals surface area contributed by atoms with Crippen LogP contribution in [0.4, 0.5) is 0 Å². The molecule has 0 radical (unpaired) electrons. The fourth-order valence-electron chi connectivity index (χ4n) is 4.27. The van der Waals surface area contributed by atoms with E-state index in [4.69, 9.17) is 9.47 Å². The molecule has 0 spiro atoms. The zero-order valence-corrected chi connectivity index (χ0v) is 24.4. The zero-order valence-electron chi connectivity index (χ0n) is 24.4. The Kier molecular flexibility index (Phi) is 24.8. The lowest BCUT2D eigenvalue weighted by Crippen LogP contribution is -2.25. The standard InChI is InChI=1S/C31H60O5/c1-5-27(3)21-17-13-9-7-8-10-15-19-23-30(33)35-25-29(32)26-36-31(34)24-20-16-12-11-14-18-22-28(4)6-2/h27-29,32H,5-26H2,1-4H3/t27?,28?,29-/m0/s1. The normalized spacial score (nSPS) is 13.8. The lowest BCUT2D eigenvalue weighted by molar-refractivity contribution is -0.152. The number of esters is 2. The number of unbranched alkanes of at least 4 members (excludes halogenated alkanes) is 12. The first-order chi connectivity index (χ1) is 17.4. The summed E-state index contributed by atoms with van der Waals surface area (Å²) in [5.74, 6) is 1.12. The van der Waals surface area contributed by atoms with Crippen molar-refractivity contribution in [1.29, 1.82) is 0 Å². The Labute approximate surface area is 223 Å². The Hall–Kier alpha value is -1.10. The largest absolute Gasteiger partial charge is 0.463 e. The smallest absolute Gasteiger partial charge is 0.305 e. The van der Waals surface area contributed by atoms with E-state index in [-0.39, 0.29) is 25.2 Å². The summed E-state index contributed by atoms with van der Waals surface area (Å²) in [5.41, 5.74) is 0. The van der Waals surface area contributed by atoms with Gasteiger partial charge in [-0.1, -0.05) is 130 Å². The Balaban J connectivity index is 3.47. The van der Waals surface area contributed by atoms with Gasteiger partial charge < -0.3 is 14.6 Å². The maximum absolute atomic E-state index is 11.8. The van der Waals surface area contributed by atoms with Gasteiger partial charge in [-0.3, -0.25) is 9.59 Å². The number of ether oxygens (including phenoxy) is 2. The third kappa shape index (κ3) is 24.6. The first-order valence-corrected chi connectivity index (χ1v) is 15.4. The molecule has 0 fully saturated rings. The second kappa shape index (κ2) is 25.5. The van der Waals surface area contributed by atoms with E-state index in [0.29, 0.717) is 12.8 Å². The monoisotopic (exact) mass is 512 g/mol. The second-order valence-corrected chi connectivity index (χ2v) is 11.1. The molecule has 2 unspecified atom stereocenters. The van der Waals surface area contributed by atoms with Gasteiger partial charge in [-0.2, -0.15) is 0 Å². The summed E-state index contributed by atoms with van der Waals surface area (Å²) >= 11 is 0. The number of carbonyl (C=O) groups is 2. The summed E-state index contributed by atoms with van der Waals surface area (Å²) in [6.45, 7) is 8.93.